The van der Waals surface area contributed by atoms with Crippen LogP contribution in [0.5, 0.6) is 0 Å². The molecule has 4 nitrogen and oxygen atoms in total. The fraction of sp³-hybridized carbons (Fsp3) is 0.688. The number of nitrogens with zero attached hydrogens (tertiary/aromatic N) is 3. The van der Waals surface area contributed by atoms with Crippen molar-refractivity contribution in [2.24, 2.45) is 4.99 Å². The molecule has 0 aliphatic carbocycles. The lowest BCUT2D eigenvalue weighted by Gasteiger charge is -2.39. The molecule has 1 aromatic rings. The normalized spacial score (nSPS) is 20.3. The quantitative estimate of drug-likeness (QED) is 0.674. The highest BCUT2D eigenvalue weighted by molar-refractivity contribution is 8.00. The molecule has 1 saturated heterocycles. The van der Waals surface area contributed by atoms with Crippen LogP contribution in [0.3, 0.4) is 0 Å². The summed E-state index contributed by atoms with van der Waals surface area (Å²) < 4.78 is 0.296. The second kappa shape index (κ2) is 7.70. The first-order valence-electron chi connectivity index (χ1n) is 7.71. The molecule has 124 valence electrons. The highest BCUT2D eigenvalue weighted by Crippen LogP contribution is 2.29. The molecule has 6 heteroatoms. The topological polar surface area (TPSA) is 30.9 Å². The minimum atomic E-state index is 0.296. The van der Waals surface area contributed by atoms with Crippen molar-refractivity contribution in [2.45, 2.75) is 24.6 Å². The standard InChI is InChI=1S/C16H28N4S2/c1-16(2)12-20(7-9-22-16)15(17-3)18-10-14(19(4)5)13-6-8-21-11-13/h6,8,11,14H,7,9-10,12H2,1-5H3,(H,17,18). The molecule has 0 bridgehead atoms. The number of hydrogen-bond acceptors (Lipinski definition) is 4. The summed E-state index contributed by atoms with van der Waals surface area (Å²) in [6.45, 7) is 7.61. The third kappa shape index (κ3) is 4.64. The summed E-state index contributed by atoms with van der Waals surface area (Å²) >= 11 is 3.80. The van der Waals surface area contributed by atoms with Crippen molar-refractivity contribution in [1.82, 2.24) is 15.1 Å². The molecule has 2 rings (SSSR count). The van der Waals surface area contributed by atoms with Crippen LogP contribution in [0.25, 0.3) is 0 Å². The Labute approximate surface area is 143 Å². The predicted octanol–water partition coefficient (Wildman–Crippen LogP) is 2.75. The van der Waals surface area contributed by atoms with Gasteiger partial charge >= 0.3 is 0 Å². The number of thiophene rings is 1. The van der Waals surface area contributed by atoms with Gasteiger partial charge in [0.1, 0.15) is 0 Å². The average Bonchev–Trinajstić information content (AvgIpc) is 2.96. The van der Waals surface area contributed by atoms with Crippen molar-refractivity contribution in [1.29, 1.82) is 0 Å². The van der Waals surface area contributed by atoms with E-state index in [0.717, 1.165) is 31.3 Å². The van der Waals surface area contributed by atoms with E-state index in [1.807, 2.05) is 18.8 Å². The van der Waals surface area contributed by atoms with E-state index in [2.05, 4.69) is 64.9 Å². The Morgan fingerprint density at radius 2 is 2.27 bits per heavy atom. The van der Waals surface area contributed by atoms with E-state index in [1.165, 1.54) is 5.56 Å². The number of guanidine groups is 1. The highest BCUT2D eigenvalue weighted by Gasteiger charge is 2.29. The van der Waals surface area contributed by atoms with E-state index in [0.29, 0.717) is 10.8 Å². The Hall–Kier alpha value is -0.720. The summed E-state index contributed by atoms with van der Waals surface area (Å²) in [6.07, 6.45) is 0. The molecular formula is C16H28N4S2. The van der Waals surface area contributed by atoms with Crippen LogP contribution in [0.1, 0.15) is 25.5 Å². The minimum absolute atomic E-state index is 0.296. The summed E-state index contributed by atoms with van der Waals surface area (Å²) in [5.41, 5.74) is 1.37. The van der Waals surface area contributed by atoms with Gasteiger partial charge in [0.05, 0.1) is 6.04 Å². The molecule has 1 atom stereocenters. The van der Waals surface area contributed by atoms with Gasteiger partial charge < -0.3 is 15.1 Å². The van der Waals surface area contributed by atoms with Crippen LogP contribution in [0.4, 0.5) is 0 Å². The van der Waals surface area contributed by atoms with Crippen LogP contribution in [0, 0.1) is 0 Å². The van der Waals surface area contributed by atoms with Crippen molar-refractivity contribution in [2.75, 3.05) is 46.5 Å². The van der Waals surface area contributed by atoms with Crippen molar-refractivity contribution in [3.63, 3.8) is 0 Å². The summed E-state index contributed by atoms with van der Waals surface area (Å²) in [7, 11) is 6.15. The molecular weight excluding hydrogens is 312 g/mol. The largest absolute Gasteiger partial charge is 0.354 e. The minimum Gasteiger partial charge on any atom is -0.354 e. The zero-order valence-electron chi connectivity index (χ0n) is 14.3. The molecule has 1 N–H and O–H groups in total. The lowest BCUT2D eigenvalue weighted by molar-refractivity contribution is 0.293. The molecule has 0 amide bonds. The van der Waals surface area contributed by atoms with Crippen LogP contribution < -0.4 is 5.32 Å². The zero-order valence-corrected chi connectivity index (χ0v) is 15.9. The first-order valence-corrected chi connectivity index (χ1v) is 9.64. The van der Waals surface area contributed by atoms with Crippen LogP contribution in [0.2, 0.25) is 0 Å². The molecule has 0 aromatic carbocycles. The zero-order chi connectivity index (χ0) is 16.2. The molecule has 0 radical (unpaired) electrons. The summed E-state index contributed by atoms with van der Waals surface area (Å²) in [6, 6.07) is 2.58. The van der Waals surface area contributed by atoms with Crippen molar-refractivity contribution < 1.29 is 0 Å². The number of rotatable bonds is 4. The predicted molar refractivity (Wildman–Crippen MR) is 100 cm³/mol. The van der Waals surface area contributed by atoms with Gasteiger partial charge in [-0.3, -0.25) is 4.99 Å². The lowest BCUT2D eigenvalue weighted by Crippen LogP contribution is -2.52. The van der Waals surface area contributed by atoms with Crippen LogP contribution >= 0.6 is 23.1 Å². The number of aliphatic imine (C=N–C) groups is 1. The second-order valence-electron chi connectivity index (χ2n) is 6.49. The van der Waals surface area contributed by atoms with Crippen LogP contribution in [0.15, 0.2) is 21.8 Å². The van der Waals surface area contributed by atoms with E-state index in [1.54, 1.807) is 11.3 Å². The molecule has 1 aliphatic heterocycles. The third-order valence-corrected chi connectivity index (χ3v) is 5.94. The Kier molecular flexibility index (Phi) is 6.17. The van der Waals surface area contributed by atoms with Crippen molar-refractivity contribution >= 4 is 29.1 Å². The van der Waals surface area contributed by atoms with Gasteiger partial charge in [-0.1, -0.05) is 0 Å². The monoisotopic (exact) mass is 340 g/mol. The van der Waals surface area contributed by atoms with Gasteiger partial charge in [-0.2, -0.15) is 23.1 Å². The van der Waals surface area contributed by atoms with Gasteiger partial charge in [0, 0.05) is 37.2 Å². The maximum atomic E-state index is 4.50. The Morgan fingerprint density at radius 3 is 2.82 bits per heavy atom. The summed E-state index contributed by atoms with van der Waals surface area (Å²) in [5.74, 6) is 2.19. The Balaban J connectivity index is 1.98. The SMILES string of the molecule is CN=C(NCC(c1ccsc1)N(C)C)N1CCSC(C)(C)C1. The molecule has 22 heavy (non-hydrogen) atoms. The van der Waals surface area contributed by atoms with E-state index in [9.17, 15) is 0 Å². The summed E-state index contributed by atoms with van der Waals surface area (Å²) in [4.78, 5) is 9.14. The van der Waals surface area contributed by atoms with E-state index in [-0.39, 0.29) is 0 Å². The molecule has 0 spiro atoms. The average molecular weight is 341 g/mol. The van der Waals surface area contributed by atoms with Crippen molar-refractivity contribution in [3.05, 3.63) is 22.4 Å². The fourth-order valence-electron chi connectivity index (χ4n) is 2.78. The Morgan fingerprint density at radius 1 is 1.50 bits per heavy atom. The third-order valence-electron chi connectivity index (χ3n) is 3.94. The van der Waals surface area contributed by atoms with E-state index < -0.39 is 0 Å². The van der Waals surface area contributed by atoms with E-state index in [4.69, 9.17) is 0 Å². The lowest BCUT2D eigenvalue weighted by atomic mass is 10.1. The molecule has 1 aliphatic rings. The van der Waals surface area contributed by atoms with Gasteiger partial charge in [-0.05, 0) is 50.3 Å². The van der Waals surface area contributed by atoms with Gasteiger partial charge in [-0.15, -0.1) is 0 Å². The number of thioether (sulfide) groups is 1. The smallest absolute Gasteiger partial charge is 0.193 e. The van der Waals surface area contributed by atoms with Gasteiger partial charge in [0.25, 0.3) is 0 Å². The number of nitrogens with one attached hydrogen (secondary N) is 1. The Bertz CT molecular complexity index is 482. The molecule has 1 aromatic heterocycles. The molecule has 2 heterocycles. The van der Waals surface area contributed by atoms with E-state index >= 15 is 0 Å². The number of likely N-dealkylation sites (N-methyl/N-ethyl adjacent to an activating group) is 1. The first-order chi connectivity index (χ1) is 10.4. The first kappa shape index (κ1) is 17.6. The summed E-state index contributed by atoms with van der Waals surface area (Å²) in [5, 5.41) is 7.95. The molecule has 1 fully saturated rings. The molecule has 1 unspecified atom stereocenters. The van der Waals surface area contributed by atoms with Crippen molar-refractivity contribution in [3.8, 4) is 0 Å². The van der Waals surface area contributed by atoms with Crippen LogP contribution in [-0.4, -0.2) is 67.0 Å². The maximum Gasteiger partial charge on any atom is 0.193 e. The number of hydrogen-bond donors (Lipinski definition) is 1. The van der Waals surface area contributed by atoms with Gasteiger partial charge in [0.15, 0.2) is 5.96 Å². The maximum absolute atomic E-state index is 4.50. The van der Waals surface area contributed by atoms with Gasteiger partial charge in [-0.25, -0.2) is 0 Å². The second-order valence-corrected chi connectivity index (χ2v) is 9.08. The fourth-order valence-corrected chi connectivity index (χ4v) is 4.60. The molecule has 0 saturated carbocycles. The van der Waals surface area contributed by atoms with Crippen LogP contribution in [-0.2, 0) is 0 Å². The van der Waals surface area contributed by atoms with Gasteiger partial charge in [0.2, 0.25) is 0 Å². The highest BCUT2D eigenvalue weighted by atomic mass is 32.2.